The zero-order chi connectivity index (χ0) is 19.5. The summed E-state index contributed by atoms with van der Waals surface area (Å²) in [5, 5.41) is 11.3. The van der Waals surface area contributed by atoms with Gasteiger partial charge in [0.1, 0.15) is 0 Å². The van der Waals surface area contributed by atoms with Crippen LogP contribution in [0.4, 0.5) is 0 Å². The highest BCUT2D eigenvalue weighted by Gasteiger charge is 2.14. The molecule has 0 atom stereocenters. The van der Waals surface area contributed by atoms with Gasteiger partial charge in [-0.2, -0.15) is 0 Å². The first-order valence-electron chi connectivity index (χ1n) is 8.59. The monoisotopic (exact) mass is 372 g/mol. The zero-order valence-corrected chi connectivity index (χ0v) is 14.7. The van der Waals surface area contributed by atoms with Crippen LogP contribution in [0.3, 0.4) is 0 Å². The molecule has 6 heteroatoms. The Morgan fingerprint density at radius 3 is 2.54 bits per heavy atom. The number of hydrogen-bond acceptors (Lipinski definition) is 3. The second kappa shape index (κ2) is 7.28. The van der Waals surface area contributed by atoms with E-state index in [9.17, 15) is 14.7 Å². The van der Waals surface area contributed by atoms with Crippen LogP contribution >= 0.6 is 0 Å². The topological polar surface area (TPSA) is 95.2 Å². The van der Waals surface area contributed by atoms with Crippen molar-refractivity contribution < 1.29 is 19.4 Å². The van der Waals surface area contributed by atoms with E-state index in [-0.39, 0.29) is 0 Å². The maximum atomic E-state index is 12.1. The van der Waals surface area contributed by atoms with E-state index < -0.39 is 17.7 Å². The Bertz CT molecular complexity index is 1210. The van der Waals surface area contributed by atoms with Crippen molar-refractivity contribution in [1.29, 1.82) is 0 Å². The molecule has 2 aromatic heterocycles. The average molecular weight is 372 g/mol. The van der Waals surface area contributed by atoms with Gasteiger partial charge >= 0.3 is 11.9 Å². The van der Waals surface area contributed by atoms with Crippen LogP contribution in [0.25, 0.3) is 34.0 Å². The molecule has 0 fully saturated rings. The van der Waals surface area contributed by atoms with Crippen molar-refractivity contribution in [3.63, 3.8) is 0 Å². The van der Waals surface area contributed by atoms with Gasteiger partial charge in [-0.15, -0.1) is 0 Å². The van der Waals surface area contributed by atoms with E-state index in [0.717, 1.165) is 27.4 Å². The highest BCUT2D eigenvalue weighted by molar-refractivity contribution is 5.98. The lowest BCUT2D eigenvalue weighted by Gasteiger charge is -2.01. The normalized spacial score (nSPS) is 12.1. The molecule has 28 heavy (non-hydrogen) atoms. The van der Waals surface area contributed by atoms with Crippen LogP contribution in [0.2, 0.25) is 0 Å². The lowest BCUT2D eigenvalue weighted by Crippen LogP contribution is -2.09. The molecule has 3 N–H and O–H groups in total. The van der Waals surface area contributed by atoms with Gasteiger partial charge < -0.3 is 19.8 Å². The van der Waals surface area contributed by atoms with Crippen LogP contribution in [-0.2, 0) is 14.3 Å². The summed E-state index contributed by atoms with van der Waals surface area (Å²) >= 11 is 0. The molecular formula is C22H16N2O4. The summed E-state index contributed by atoms with van der Waals surface area (Å²) in [5.74, 6) is -2.55. The number of carboxylic acid groups (broad SMARTS) is 1. The summed E-state index contributed by atoms with van der Waals surface area (Å²) < 4.78 is 5.03. The molecule has 0 bridgehead atoms. The maximum Gasteiger partial charge on any atom is 0.372 e. The fraction of sp³-hybridized carbons (Fsp3) is 0. The number of aliphatic carboxylic acids is 1. The van der Waals surface area contributed by atoms with Gasteiger partial charge in [0, 0.05) is 46.0 Å². The van der Waals surface area contributed by atoms with Crippen LogP contribution in [0.5, 0.6) is 0 Å². The van der Waals surface area contributed by atoms with Gasteiger partial charge in [-0.25, -0.2) is 9.59 Å². The number of carboxylic acids is 1. The molecule has 0 saturated heterocycles. The summed E-state index contributed by atoms with van der Waals surface area (Å²) in [5.41, 5.74) is 3.15. The first-order valence-corrected chi connectivity index (χ1v) is 8.59. The predicted octanol–water partition coefficient (Wildman–Crippen LogP) is 4.33. The average Bonchev–Trinajstić information content (AvgIpc) is 3.29. The third kappa shape index (κ3) is 3.57. The summed E-state index contributed by atoms with van der Waals surface area (Å²) in [7, 11) is 0. The SMILES string of the molecule is O=C(C=Cc1c[nH]c2ccccc12)OC(=Cc1cc2ccccc2[nH]1)C(=O)O. The summed E-state index contributed by atoms with van der Waals surface area (Å²) in [6.45, 7) is 0. The van der Waals surface area contributed by atoms with Crippen LogP contribution in [0, 0.1) is 0 Å². The summed E-state index contributed by atoms with van der Waals surface area (Å²) in [4.78, 5) is 29.8. The molecule has 0 aliphatic heterocycles. The van der Waals surface area contributed by atoms with Crippen molar-refractivity contribution >= 4 is 45.9 Å². The molecule has 0 aliphatic carbocycles. The van der Waals surface area contributed by atoms with Crippen LogP contribution in [-0.4, -0.2) is 27.0 Å². The van der Waals surface area contributed by atoms with Crippen molar-refractivity contribution in [2.75, 3.05) is 0 Å². The van der Waals surface area contributed by atoms with E-state index in [1.807, 2.05) is 48.5 Å². The molecule has 0 saturated carbocycles. The number of benzene rings is 2. The molecule has 0 amide bonds. The maximum absolute atomic E-state index is 12.1. The fourth-order valence-corrected chi connectivity index (χ4v) is 2.98. The van der Waals surface area contributed by atoms with Crippen LogP contribution in [0.15, 0.2) is 72.6 Å². The van der Waals surface area contributed by atoms with Gasteiger partial charge in [0.15, 0.2) is 0 Å². The number of nitrogens with one attached hydrogen (secondary N) is 2. The lowest BCUT2D eigenvalue weighted by atomic mass is 10.1. The highest BCUT2D eigenvalue weighted by Crippen LogP contribution is 2.20. The lowest BCUT2D eigenvalue weighted by molar-refractivity contribution is -0.144. The van der Waals surface area contributed by atoms with E-state index in [1.54, 1.807) is 18.3 Å². The van der Waals surface area contributed by atoms with E-state index in [0.29, 0.717) is 5.69 Å². The number of ether oxygens (including phenoxy) is 1. The summed E-state index contributed by atoms with van der Waals surface area (Å²) in [6, 6.07) is 17.0. The fourth-order valence-electron chi connectivity index (χ4n) is 2.98. The van der Waals surface area contributed by atoms with E-state index >= 15 is 0 Å². The van der Waals surface area contributed by atoms with Gasteiger partial charge in [0.2, 0.25) is 5.76 Å². The Kier molecular flexibility index (Phi) is 4.51. The minimum absolute atomic E-state index is 0.458. The number of carbonyl (C=O) groups excluding carboxylic acids is 1. The first-order chi connectivity index (χ1) is 13.6. The number of carbonyl (C=O) groups is 2. The minimum Gasteiger partial charge on any atom is -0.475 e. The van der Waals surface area contributed by atoms with Crippen molar-refractivity contribution in [3.05, 3.63) is 83.9 Å². The van der Waals surface area contributed by atoms with Crippen molar-refractivity contribution in [2.24, 2.45) is 0 Å². The van der Waals surface area contributed by atoms with E-state index in [1.165, 1.54) is 12.2 Å². The van der Waals surface area contributed by atoms with Crippen LogP contribution < -0.4 is 0 Å². The molecule has 2 aromatic carbocycles. The number of esters is 1. The Hall–Kier alpha value is -4.06. The van der Waals surface area contributed by atoms with Crippen molar-refractivity contribution in [1.82, 2.24) is 9.97 Å². The van der Waals surface area contributed by atoms with Gasteiger partial charge in [-0.1, -0.05) is 36.4 Å². The van der Waals surface area contributed by atoms with E-state index in [2.05, 4.69) is 9.97 Å². The third-order valence-corrected chi connectivity index (χ3v) is 4.28. The Balaban J connectivity index is 1.54. The van der Waals surface area contributed by atoms with Gasteiger partial charge in [0.05, 0.1) is 0 Å². The number of rotatable bonds is 5. The Labute approximate surface area is 159 Å². The van der Waals surface area contributed by atoms with Crippen molar-refractivity contribution in [3.8, 4) is 0 Å². The number of fused-ring (bicyclic) bond motifs is 2. The smallest absolute Gasteiger partial charge is 0.372 e. The molecule has 6 nitrogen and oxygen atoms in total. The predicted molar refractivity (Wildman–Crippen MR) is 107 cm³/mol. The largest absolute Gasteiger partial charge is 0.475 e. The van der Waals surface area contributed by atoms with Crippen LogP contribution in [0.1, 0.15) is 11.3 Å². The number of para-hydroxylation sites is 2. The number of aromatic amines is 2. The number of hydrogen-bond donors (Lipinski definition) is 3. The van der Waals surface area contributed by atoms with E-state index in [4.69, 9.17) is 4.74 Å². The molecule has 4 rings (SSSR count). The second-order valence-corrected chi connectivity index (χ2v) is 6.17. The molecular weight excluding hydrogens is 356 g/mol. The third-order valence-electron chi connectivity index (χ3n) is 4.28. The Morgan fingerprint density at radius 1 is 1.00 bits per heavy atom. The second-order valence-electron chi connectivity index (χ2n) is 6.17. The number of aromatic nitrogens is 2. The molecule has 0 unspecified atom stereocenters. The quantitative estimate of drug-likeness (QED) is 0.276. The first kappa shape index (κ1) is 17.4. The van der Waals surface area contributed by atoms with Crippen molar-refractivity contribution in [2.45, 2.75) is 0 Å². The molecule has 138 valence electrons. The van der Waals surface area contributed by atoms with Gasteiger partial charge in [-0.05, 0) is 29.7 Å². The Morgan fingerprint density at radius 2 is 1.75 bits per heavy atom. The van der Waals surface area contributed by atoms with Gasteiger partial charge in [0.25, 0.3) is 0 Å². The molecule has 0 spiro atoms. The molecule has 0 aliphatic rings. The molecule has 4 aromatic rings. The number of H-pyrrole nitrogens is 2. The van der Waals surface area contributed by atoms with Gasteiger partial charge in [-0.3, -0.25) is 0 Å². The molecule has 0 radical (unpaired) electrons. The zero-order valence-electron chi connectivity index (χ0n) is 14.7. The minimum atomic E-state index is -1.33. The molecule has 2 heterocycles. The highest BCUT2D eigenvalue weighted by atomic mass is 16.6. The summed E-state index contributed by atoms with van der Waals surface area (Å²) in [6.07, 6.45) is 5.85. The standard InChI is InChI=1S/C22H16N2O4/c25-21(10-9-15-13-23-19-8-4-2-6-17(15)19)28-20(22(26)27)12-16-11-14-5-1-3-7-18(14)24-16/h1-13,23-24H,(H,26,27).